The minimum absolute atomic E-state index is 0.676. The fourth-order valence-electron chi connectivity index (χ4n) is 5.39. The maximum atomic E-state index is 3.38. The Kier molecular flexibility index (Phi) is 6.63. The SMILES string of the molecule is CC.CC1(C)CCCC1C1CCCC1.c1ccc2c(c1)[nH]c1ccccc12. The van der Waals surface area contributed by atoms with Crippen LogP contribution in [-0.2, 0) is 0 Å². The van der Waals surface area contributed by atoms with Crippen LogP contribution in [0, 0.1) is 17.3 Å². The zero-order chi connectivity index (χ0) is 19.3. The largest absolute Gasteiger partial charge is 0.355 e. The Morgan fingerprint density at radius 1 is 0.741 bits per heavy atom. The van der Waals surface area contributed by atoms with E-state index in [1.807, 2.05) is 13.8 Å². The summed E-state index contributed by atoms with van der Waals surface area (Å²) < 4.78 is 0. The van der Waals surface area contributed by atoms with Gasteiger partial charge in [0.2, 0.25) is 0 Å². The van der Waals surface area contributed by atoms with Crippen LogP contribution in [0.4, 0.5) is 0 Å². The molecule has 0 amide bonds. The summed E-state index contributed by atoms with van der Waals surface area (Å²) in [6.07, 6.45) is 10.6. The molecule has 2 saturated carbocycles. The Morgan fingerprint density at radius 2 is 1.26 bits per heavy atom. The van der Waals surface area contributed by atoms with Gasteiger partial charge in [0.25, 0.3) is 0 Å². The van der Waals surface area contributed by atoms with Gasteiger partial charge in [-0.05, 0) is 42.2 Å². The first kappa shape index (κ1) is 20.0. The third-order valence-corrected chi connectivity index (χ3v) is 6.72. The van der Waals surface area contributed by atoms with Gasteiger partial charge in [-0.15, -0.1) is 0 Å². The van der Waals surface area contributed by atoms with Crippen molar-refractivity contribution in [3.8, 4) is 0 Å². The molecule has 1 unspecified atom stereocenters. The summed E-state index contributed by atoms with van der Waals surface area (Å²) in [5.41, 5.74) is 3.10. The van der Waals surface area contributed by atoms with Gasteiger partial charge < -0.3 is 4.98 Å². The molecule has 0 spiro atoms. The van der Waals surface area contributed by atoms with E-state index >= 15 is 0 Å². The molecule has 1 heterocycles. The van der Waals surface area contributed by atoms with Gasteiger partial charge in [-0.1, -0.05) is 96.2 Å². The van der Waals surface area contributed by atoms with Gasteiger partial charge in [-0.2, -0.15) is 0 Å². The van der Waals surface area contributed by atoms with Crippen molar-refractivity contribution in [1.82, 2.24) is 4.98 Å². The number of aromatic nitrogens is 1. The summed E-state index contributed by atoms with van der Waals surface area (Å²) in [6.45, 7) is 8.98. The molecule has 1 aromatic heterocycles. The second kappa shape index (κ2) is 8.95. The predicted octanol–water partition coefficient (Wildman–Crippen LogP) is 8.35. The molecule has 5 rings (SSSR count). The van der Waals surface area contributed by atoms with Crippen LogP contribution in [0.15, 0.2) is 48.5 Å². The first-order chi connectivity index (χ1) is 13.1. The third kappa shape index (κ3) is 4.39. The maximum Gasteiger partial charge on any atom is 0.0464 e. The van der Waals surface area contributed by atoms with Crippen LogP contribution in [0.3, 0.4) is 0 Å². The highest BCUT2D eigenvalue weighted by atomic mass is 14.7. The lowest BCUT2D eigenvalue weighted by Gasteiger charge is -2.31. The van der Waals surface area contributed by atoms with Gasteiger partial charge in [0.15, 0.2) is 0 Å². The van der Waals surface area contributed by atoms with Gasteiger partial charge in [0.05, 0.1) is 0 Å². The highest BCUT2D eigenvalue weighted by Crippen LogP contribution is 2.50. The predicted molar refractivity (Wildman–Crippen MR) is 120 cm³/mol. The molecule has 2 aromatic carbocycles. The van der Waals surface area contributed by atoms with Crippen molar-refractivity contribution in [2.75, 3.05) is 0 Å². The minimum Gasteiger partial charge on any atom is -0.355 e. The van der Waals surface area contributed by atoms with Crippen LogP contribution in [0.2, 0.25) is 0 Å². The van der Waals surface area contributed by atoms with Crippen LogP contribution in [0.1, 0.15) is 72.6 Å². The molecule has 2 aliphatic carbocycles. The number of hydrogen-bond donors (Lipinski definition) is 1. The molecule has 0 aliphatic heterocycles. The van der Waals surface area contributed by atoms with E-state index in [0.29, 0.717) is 5.41 Å². The van der Waals surface area contributed by atoms with E-state index < -0.39 is 0 Å². The lowest BCUT2D eigenvalue weighted by atomic mass is 9.74. The number of fused-ring (bicyclic) bond motifs is 3. The molecule has 0 saturated heterocycles. The van der Waals surface area contributed by atoms with Crippen molar-refractivity contribution in [3.63, 3.8) is 0 Å². The van der Waals surface area contributed by atoms with E-state index in [0.717, 1.165) is 11.8 Å². The summed E-state index contributed by atoms with van der Waals surface area (Å²) in [7, 11) is 0. The molecule has 27 heavy (non-hydrogen) atoms. The lowest BCUT2D eigenvalue weighted by molar-refractivity contribution is 0.179. The summed E-state index contributed by atoms with van der Waals surface area (Å²) in [5, 5.41) is 2.61. The van der Waals surface area contributed by atoms with Gasteiger partial charge in [-0.3, -0.25) is 0 Å². The van der Waals surface area contributed by atoms with Crippen LogP contribution < -0.4 is 0 Å². The molecule has 1 heteroatoms. The zero-order valence-electron chi connectivity index (χ0n) is 17.7. The van der Waals surface area contributed by atoms with E-state index in [9.17, 15) is 0 Å². The molecule has 2 aliphatic rings. The Hall–Kier alpha value is -1.76. The first-order valence-electron chi connectivity index (χ1n) is 11.1. The van der Waals surface area contributed by atoms with Crippen molar-refractivity contribution in [2.45, 2.75) is 72.6 Å². The van der Waals surface area contributed by atoms with Crippen LogP contribution in [-0.4, -0.2) is 4.98 Å². The first-order valence-corrected chi connectivity index (χ1v) is 11.1. The molecule has 3 aromatic rings. The normalized spacial score (nSPS) is 21.6. The number of para-hydroxylation sites is 2. The number of benzene rings is 2. The summed E-state index contributed by atoms with van der Waals surface area (Å²) in [4.78, 5) is 3.38. The van der Waals surface area contributed by atoms with Gasteiger partial charge >= 0.3 is 0 Å². The number of aromatic amines is 1. The molecule has 0 radical (unpaired) electrons. The summed E-state index contributed by atoms with van der Waals surface area (Å²) in [6, 6.07) is 16.8. The summed E-state index contributed by atoms with van der Waals surface area (Å²) in [5.74, 6) is 2.17. The molecule has 1 N–H and O–H groups in total. The second-order valence-electron chi connectivity index (χ2n) is 8.75. The zero-order valence-corrected chi connectivity index (χ0v) is 17.7. The van der Waals surface area contributed by atoms with Crippen LogP contribution in [0.5, 0.6) is 0 Å². The van der Waals surface area contributed by atoms with E-state index in [2.05, 4.69) is 67.4 Å². The van der Waals surface area contributed by atoms with Gasteiger partial charge in [-0.25, -0.2) is 0 Å². The van der Waals surface area contributed by atoms with E-state index in [1.165, 1.54) is 66.8 Å². The fourth-order valence-corrected chi connectivity index (χ4v) is 5.39. The molecular weight excluding hydrogens is 326 g/mol. The van der Waals surface area contributed by atoms with E-state index in [4.69, 9.17) is 0 Å². The molecule has 146 valence electrons. The van der Waals surface area contributed by atoms with Crippen molar-refractivity contribution in [3.05, 3.63) is 48.5 Å². The van der Waals surface area contributed by atoms with Crippen molar-refractivity contribution in [2.24, 2.45) is 17.3 Å². The average Bonchev–Trinajstić information content (AvgIpc) is 3.41. The van der Waals surface area contributed by atoms with E-state index in [-0.39, 0.29) is 0 Å². The average molecular weight is 364 g/mol. The fraction of sp³-hybridized carbons (Fsp3) is 0.538. The molecule has 1 atom stereocenters. The second-order valence-corrected chi connectivity index (χ2v) is 8.75. The van der Waals surface area contributed by atoms with Crippen molar-refractivity contribution >= 4 is 21.8 Å². The lowest BCUT2D eigenvalue weighted by Crippen LogP contribution is -2.23. The topological polar surface area (TPSA) is 15.8 Å². The molecule has 2 fully saturated rings. The van der Waals surface area contributed by atoms with E-state index in [1.54, 1.807) is 0 Å². The maximum absolute atomic E-state index is 3.38. The van der Waals surface area contributed by atoms with Crippen molar-refractivity contribution < 1.29 is 0 Å². The van der Waals surface area contributed by atoms with Crippen LogP contribution in [0.25, 0.3) is 21.8 Å². The number of hydrogen-bond acceptors (Lipinski definition) is 0. The standard InChI is InChI=1S/C12H9N.C12H22.C2H6/c1-3-7-11-9(5-1)10-6-2-4-8-12(10)13-11;1-12(2)9-5-8-11(12)10-6-3-4-7-10;1-2/h1-8,13H;10-11H,3-9H2,1-2H3;1-2H3. The Bertz CT molecular complexity index is 785. The quantitative estimate of drug-likeness (QED) is 0.447. The monoisotopic (exact) mass is 363 g/mol. The number of nitrogens with one attached hydrogen (secondary N) is 1. The van der Waals surface area contributed by atoms with Gasteiger partial charge in [0, 0.05) is 21.8 Å². The number of H-pyrrole nitrogens is 1. The Balaban J connectivity index is 0.000000143. The molecular formula is C26H37N. The molecule has 0 bridgehead atoms. The Morgan fingerprint density at radius 3 is 1.74 bits per heavy atom. The highest BCUT2D eigenvalue weighted by molar-refractivity contribution is 6.06. The third-order valence-electron chi connectivity index (χ3n) is 6.72. The number of rotatable bonds is 1. The van der Waals surface area contributed by atoms with Gasteiger partial charge in [0.1, 0.15) is 0 Å². The minimum atomic E-state index is 0.676. The molecule has 1 nitrogen and oxygen atoms in total. The van der Waals surface area contributed by atoms with Crippen LogP contribution >= 0.6 is 0 Å². The smallest absolute Gasteiger partial charge is 0.0464 e. The highest BCUT2D eigenvalue weighted by Gasteiger charge is 2.39. The van der Waals surface area contributed by atoms with Crippen molar-refractivity contribution in [1.29, 1.82) is 0 Å². The Labute approximate surface area is 165 Å². The summed E-state index contributed by atoms with van der Waals surface area (Å²) >= 11 is 0.